The van der Waals surface area contributed by atoms with Gasteiger partial charge in [-0.1, -0.05) is 31.5 Å². The molecule has 234 valence electrons. The molecular formula is C32H34FN7O5. The van der Waals surface area contributed by atoms with E-state index >= 15 is 4.39 Å². The quantitative estimate of drug-likeness (QED) is 0.205. The van der Waals surface area contributed by atoms with Gasteiger partial charge in [0.1, 0.15) is 17.7 Å². The minimum Gasteiger partial charge on any atom is -0.380 e. The molecule has 13 heteroatoms. The molecule has 5 rings (SSSR count). The van der Waals surface area contributed by atoms with Crippen LogP contribution in [0.3, 0.4) is 0 Å². The van der Waals surface area contributed by atoms with Crippen LogP contribution < -0.4 is 21.3 Å². The van der Waals surface area contributed by atoms with Crippen molar-refractivity contribution >= 4 is 41.5 Å². The van der Waals surface area contributed by atoms with Crippen LogP contribution in [0.15, 0.2) is 54.7 Å². The van der Waals surface area contributed by atoms with Gasteiger partial charge in [-0.15, -0.1) is 0 Å². The molecule has 0 aliphatic carbocycles. The van der Waals surface area contributed by atoms with Gasteiger partial charge in [-0.3, -0.25) is 39.1 Å². The molecule has 1 unspecified atom stereocenters. The Kier molecular flexibility index (Phi) is 9.48. The average Bonchev–Trinajstić information content (AvgIpc) is 3.29. The van der Waals surface area contributed by atoms with Crippen LogP contribution in [0.1, 0.15) is 62.0 Å². The molecule has 0 radical (unpaired) electrons. The van der Waals surface area contributed by atoms with Gasteiger partial charge in [-0.25, -0.2) is 9.37 Å². The second-order valence-corrected chi connectivity index (χ2v) is 11.0. The minimum atomic E-state index is -1.13. The smallest absolute Gasteiger partial charge is 0.264 e. The molecule has 5 amide bonds. The monoisotopic (exact) mass is 615 g/mol. The normalized spacial score (nSPS) is 15.5. The minimum absolute atomic E-state index is 0.0638. The summed E-state index contributed by atoms with van der Waals surface area (Å²) in [7, 11) is 0. The van der Waals surface area contributed by atoms with E-state index in [1.54, 1.807) is 37.3 Å². The Morgan fingerprint density at radius 3 is 2.49 bits per heavy atom. The van der Waals surface area contributed by atoms with Crippen molar-refractivity contribution in [3.63, 3.8) is 0 Å². The highest BCUT2D eigenvalue weighted by molar-refractivity contribution is 6.25. The molecule has 2 aromatic carbocycles. The largest absolute Gasteiger partial charge is 0.380 e. The first-order valence-corrected chi connectivity index (χ1v) is 14.7. The van der Waals surface area contributed by atoms with E-state index in [0.717, 1.165) is 42.5 Å². The fourth-order valence-corrected chi connectivity index (χ4v) is 5.67. The summed E-state index contributed by atoms with van der Waals surface area (Å²) in [5, 5.41) is 5.13. The van der Waals surface area contributed by atoms with Crippen LogP contribution in [0.4, 0.5) is 15.9 Å². The van der Waals surface area contributed by atoms with Gasteiger partial charge in [0.05, 0.1) is 16.7 Å². The highest BCUT2D eigenvalue weighted by Gasteiger charge is 2.43. The highest BCUT2D eigenvalue weighted by Crippen LogP contribution is 2.32. The first-order chi connectivity index (χ1) is 21.7. The van der Waals surface area contributed by atoms with Gasteiger partial charge >= 0.3 is 0 Å². The molecule has 0 saturated carbocycles. The van der Waals surface area contributed by atoms with Crippen LogP contribution in [-0.2, 0) is 22.7 Å². The third-order valence-electron chi connectivity index (χ3n) is 8.05. The van der Waals surface area contributed by atoms with Crippen molar-refractivity contribution in [2.45, 2.75) is 38.9 Å². The molecule has 0 bridgehead atoms. The number of pyridine rings is 1. The van der Waals surface area contributed by atoms with E-state index in [9.17, 15) is 24.0 Å². The van der Waals surface area contributed by atoms with Gasteiger partial charge in [-0.2, -0.15) is 0 Å². The third-order valence-corrected chi connectivity index (χ3v) is 8.05. The summed E-state index contributed by atoms with van der Waals surface area (Å²) < 4.78 is 15.2. The number of piperazine rings is 1. The number of hydrogen-bond acceptors (Lipinski definition) is 9. The highest BCUT2D eigenvalue weighted by atomic mass is 19.1. The first kappa shape index (κ1) is 31.3. The maximum Gasteiger partial charge on any atom is 0.264 e. The molecule has 3 aromatic rings. The van der Waals surface area contributed by atoms with Gasteiger partial charge in [-0.05, 0) is 42.3 Å². The predicted octanol–water partition coefficient (Wildman–Crippen LogP) is 2.29. The lowest BCUT2D eigenvalue weighted by Crippen LogP contribution is -2.49. The number of nitrogens with zero attached hydrogens (tertiary/aromatic N) is 4. The van der Waals surface area contributed by atoms with Crippen LogP contribution in [-0.4, -0.2) is 77.0 Å². The van der Waals surface area contributed by atoms with E-state index in [0.29, 0.717) is 29.8 Å². The number of amides is 5. The number of nitrogens with one attached hydrogen (secondary N) is 2. The summed E-state index contributed by atoms with van der Waals surface area (Å²) in [6, 6.07) is 12.1. The number of hydrogen-bond donors (Lipinski definition) is 3. The molecule has 2 aliphatic heterocycles. The summed E-state index contributed by atoms with van der Waals surface area (Å²) in [6.07, 6.45) is 2.40. The molecule has 1 aromatic heterocycles. The average molecular weight is 616 g/mol. The zero-order valence-corrected chi connectivity index (χ0v) is 24.8. The maximum absolute atomic E-state index is 15.2. The van der Waals surface area contributed by atoms with Crippen molar-refractivity contribution < 1.29 is 28.4 Å². The van der Waals surface area contributed by atoms with Gasteiger partial charge < -0.3 is 16.0 Å². The number of benzene rings is 2. The van der Waals surface area contributed by atoms with E-state index in [1.807, 2.05) is 11.4 Å². The molecule has 3 heterocycles. The molecule has 0 spiro atoms. The van der Waals surface area contributed by atoms with E-state index < -0.39 is 35.5 Å². The standard InChI is InChI=1S/C32H34FN7O5/c1-2-4-26(30(43)37-19-41)40-31(44)23-5-3-6-25(28(23)32(40)45)35-16-21-8-7-20(15-24(21)33)18-38-11-13-39(14-12-38)27-10-9-22(17-36-27)29(34)42/h3,5-10,15,17,19,26,35H,2,4,11-14,16,18H2,1H3,(H2,34,42)(H,37,41,43). The zero-order chi connectivity index (χ0) is 32.1. The molecule has 1 saturated heterocycles. The van der Waals surface area contributed by atoms with Gasteiger partial charge in [0.2, 0.25) is 18.2 Å². The van der Waals surface area contributed by atoms with E-state index in [-0.39, 0.29) is 30.5 Å². The fourth-order valence-electron chi connectivity index (χ4n) is 5.67. The number of rotatable bonds is 12. The maximum atomic E-state index is 15.2. The van der Waals surface area contributed by atoms with Crippen LogP contribution in [0.25, 0.3) is 0 Å². The van der Waals surface area contributed by atoms with E-state index in [4.69, 9.17) is 5.73 Å². The van der Waals surface area contributed by atoms with Crippen LogP contribution in [0.5, 0.6) is 0 Å². The van der Waals surface area contributed by atoms with Gasteiger partial charge in [0.15, 0.2) is 0 Å². The number of imide groups is 2. The topological polar surface area (TPSA) is 158 Å². The van der Waals surface area contributed by atoms with E-state index in [1.165, 1.54) is 18.3 Å². The fraction of sp³-hybridized carbons (Fsp3) is 0.312. The Balaban J connectivity index is 1.20. The number of primary amides is 1. The Morgan fingerprint density at radius 1 is 1.07 bits per heavy atom. The number of anilines is 2. The van der Waals surface area contributed by atoms with Crippen LogP contribution in [0, 0.1) is 5.82 Å². The molecular weight excluding hydrogens is 581 g/mol. The van der Waals surface area contributed by atoms with Crippen molar-refractivity contribution in [2.75, 3.05) is 36.4 Å². The van der Waals surface area contributed by atoms with E-state index in [2.05, 4.69) is 20.1 Å². The second kappa shape index (κ2) is 13.6. The Morgan fingerprint density at radius 2 is 1.84 bits per heavy atom. The Hall–Kier alpha value is -5.17. The number of fused-ring (bicyclic) bond motifs is 1. The van der Waals surface area contributed by atoms with Crippen molar-refractivity contribution in [3.05, 3.63) is 88.4 Å². The summed E-state index contributed by atoms with van der Waals surface area (Å²) >= 11 is 0. The van der Waals surface area contributed by atoms with Crippen LogP contribution >= 0.6 is 0 Å². The van der Waals surface area contributed by atoms with Gasteiger partial charge in [0.25, 0.3) is 11.8 Å². The van der Waals surface area contributed by atoms with Crippen molar-refractivity contribution in [1.82, 2.24) is 20.1 Å². The molecule has 12 nitrogen and oxygen atoms in total. The zero-order valence-electron chi connectivity index (χ0n) is 24.8. The summed E-state index contributed by atoms with van der Waals surface area (Å²) in [5.74, 6) is -2.14. The van der Waals surface area contributed by atoms with Crippen molar-refractivity contribution in [2.24, 2.45) is 5.73 Å². The molecule has 2 aliphatic rings. The molecule has 1 atom stereocenters. The molecule has 45 heavy (non-hydrogen) atoms. The molecule has 4 N–H and O–H groups in total. The van der Waals surface area contributed by atoms with Crippen molar-refractivity contribution in [1.29, 1.82) is 0 Å². The predicted molar refractivity (Wildman–Crippen MR) is 164 cm³/mol. The number of aromatic nitrogens is 1. The second-order valence-electron chi connectivity index (χ2n) is 11.0. The lowest BCUT2D eigenvalue weighted by Gasteiger charge is -2.35. The van der Waals surface area contributed by atoms with Crippen LogP contribution in [0.2, 0.25) is 0 Å². The Labute approximate surface area is 259 Å². The summed E-state index contributed by atoms with van der Waals surface area (Å²) in [6.45, 7) is 5.41. The number of nitrogens with two attached hydrogens (primary N) is 1. The number of halogens is 1. The Bertz CT molecular complexity index is 1620. The lowest BCUT2D eigenvalue weighted by molar-refractivity contribution is -0.128. The number of carbonyl (C=O) groups is 5. The van der Waals surface area contributed by atoms with Crippen molar-refractivity contribution in [3.8, 4) is 0 Å². The van der Waals surface area contributed by atoms with Gasteiger partial charge in [0, 0.05) is 56.7 Å². The SMILES string of the molecule is CCCC(C(=O)NC=O)N1C(=O)c2cccc(NCc3ccc(CN4CCN(c5ccc(C(N)=O)cn5)CC4)cc3F)c2C1=O. The number of carbonyl (C=O) groups excluding carboxylic acids is 5. The first-order valence-electron chi connectivity index (χ1n) is 14.7. The molecule has 1 fully saturated rings. The lowest BCUT2D eigenvalue weighted by atomic mass is 10.1. The summed E-state index contributed by atoms with van der Waals surface area (Å²) in [5.41, 5.74) is 7.45. The third kappa shape index (κ3) is 6.68. The summed E-state index contributed by atoms with van der Waals surface area (Å²) in [4.78, 5) is 70.8.